The average molecular weight is 256 g/mol. The smallest absolute Gasteiger partial charge is 0.0510 e. The van der Waals surface area contributed by atoms with Gasteiger partial charge in [-0.3, -0.25) is 0 Å². The van der Waals surface area contributed by atoms with E-state index >= 15 is 0 Å². The van der Waals surface area contributed by atoms with Crippen LogP contribution in [0.1, 0.15) is 26.2 Å². The first kappa shape index (κ1) is 14.3. The highest BCUT2D eigenvalue weighted by molar-refractivity contribution is 4.84. The number of ether oxygens (including phenoxy) is 2. The number of rotatable bonds is 6. The van der Waals surface area contributed by atoms with Gasteiger partial charge in [0, 0.05) is 44.4 Å². The van der Waals surface area contributed by atoms with Crippen LogP contribution >= 0.6 is 0 Å². The van der Waals surface area contributed by atoms with Gasteiger partial charge in [-0.05, 0) is 32.9 Å². The van der Waals surface area contributed by atoms with Crippen LogP contribution < -0.4 is 5.32 Å². The number of nitrogens with one attached hydrogen (secondary N) is 1. The van der Waals surface area contributed by atoms with Crippen LogP contribution in [0.3, 0.4) is 0 Å². The fourth-order valence-corrected chi connectivity index (χ4v) is 3.10. The van der Waals surface area contributed by atoms with Crippen molar-refractivity contribution in [2.45, 2.75) is 38.3 Å². The molecule has 0 aliphatic carbocycles. The molecular formula is C14H28N2O2. The number of hydrogen-bond donors (Lipinski definition) is 1. The molecule has 0 bridgehead atoms. The van der Waals surface area contributed by atoms with E-state index in [0.717, 1.165) is 39.5 Å². The lowest BCUT2D eigenvalue weighted by Gasteiger charge is -2.35. The van der Waals surface area contributed by atoms with Gasteiger partial charge in [-0.2, -0.15) is 0 Å². The van der Waals surface area contributed by atoms with Crippen molar-refractivity contribution in [3.63, 3.8) is 0 Å². The topological polar surface area (TPSA) is 33.7 Å². The fourth-order valence-electron chi connectivity index (χ4n) is 3.10. The third-order valence-electron chi connectivity index (χ3n) is 4.30. The lowest BCUT2D eigenvalue weighted by atomic mass is 9.97. The summed E-state index contributed by atoms with van der Waals surface area (Å²) in [5.74, 6) is 0.687. The second-order valence-electron chi connectivity index (χ2n) is 5.57. The maximum Gasteiger partial charge on any atom is 0.0510 e. The molecule has 2 saturated heterocycles. The number of nitrogens with zero attached hydrogens (tertiary/aromatic N) is 1. The normalized spacial score (nSPS) is 27.8. The molecule has 0 amide bonds. The molecule has 2 unspecified atom stereocenters. The van der Waals surface area contributed by atoms with Crippen LogP contribution in [0.25, 0.3) is 0 Å². The van der Waals surface area contributed by atoms with E-state index in [4.69, 9.17) is 9.47 Å². The standard InChI is InChI=1S/C14H28N2O2/c1-3-15-14(12-4-7-18-11-12)10-16(2)13-5-8-17-9-6-13/h12-15H,3-11H2,1-2H3. The Morgan fingerprint density at radius 1 is 1.17 bits per heavy atom. The fraction of sp³-hybridized carbons (Fsp3) is 1.00. The zero-order valence-electron chi connectivity index (χ0n) is 11.9. The van der Waals surface area contributed by atoms with E-state index in [1.54, 1.807) is 0 Å². The quantitative estimate of drug-likeness (QED) is 0.772. The zero-order chi connectivity index (χ0) is 12.8. The minimum absolute atomic E-state index is 0.574. The van der Waals surface area contributed by atoms with Gasteiger partial charge in [-0.15, -0.1) is 0 Å². The summed E-state index contributed by atoms with van der Waals surface area (Å²) in [4.78, 5) is 2.52. The second-order valence-corrected chi connectivity index (χ2v) is 5.57. The Morgan fingerprint density at radius 3 is 2.50 bits per heavy atom. The third kappa shape index (κ3) is 3.92. The predicted molar refractivity (Wildman–Crippen MR) is 72.9 cm³/mol. The summed E-state index contributed by atoms with van der Waals surface area (Å²) in [6.07, 6.45) is 3.56. The number of likely N-dealkylation sites (N-methyl/N-ethyl adjacent to an activating group) is 2. The largest absolute Gasteiger partial charge is 0.381 e. The van der Waals surface area contributed by atoms with E-state index in [2.05, 4.69) is 24.2 Å². The van der Waals surface area contributed by atoms with E-state index in [-0.39, 0.29) is 0 Å². The minimum atomic E-state index is 0.574. The van der Waals surface area contributed by atoms with Crippen LogP contribution in [0.2, 0.25) is 0 Å². The molecule has 2 aliphatic rings. The van der Waals surface area contributed by atoms with Crippen molar-refractivity contribution in [1.29, 1.82) is 0 Å². The summed E-state index contributed by atoms with van der Waals surface area (Å²) in [5.41, 5.74) is 0. The molecule has 0 radical (unpaired) electrons. The summed E-state index contributed by atoms with van der Waals surface area (Å²) in [6.45, 7) is 8.08. The second kappa shape index (κ2) is 7.43. The van der Waals surface area contributed by atoms with Crippen molar-refractivity contribution in [1.82, 2.24) is 10.2 Å². The van der Waals surface area contributed by atoms with Crippen LogP contribution in [0.4, 0.5) is 0 Å². The molecule has 1 N–H and O–H groups in total. The lowest BCUT2D eigenvalue weighted by Crippen LogP contribution is -2.48. The summed E-state index contributed by atoms with van der Waals surface area (Å²) in [5, 5.41) is 3.64. The van der Waals surface area contributed by atoms with E-state index in [0.29, 0.717) is 18.0 Å². The zero-order valence-corrected chi connectivity index (χ0v) is 11.9. The van der Waals surface area contributed by atoms with Crippen molar-refractivity contribution in [2.24, 2.45) is 5.92 Å². The van der Waals surface area contributed by atoms with Gasteiger partial charge in [0.25, 0.3) is 0 Å². The van der Waals surface area contributed by atoms with Crippen molar-refractivity contribution in [3.05, 3.63) is 0 Å². The van der Waals surface area contributed by atoms with Gasteiger partial charge in [-0.1, -0.05) is 6.92 Å². The maximum atomic E-state index is 5.53. The maximum absolute atomic E-state index is 5.53. The molecule has 0 aromatic heterocycles. The Morgan fingerprint density at radius 2 is 1.89 bits per heavy atom. The summed E-state index contributed by atoms with van der Waals surface area (Å²) in [6, 6.07) is 1.27. The van der Waals surface area contributed by atoms with E-state index in [1.807, 2.05) is 0 Å². The molecule has 2 rings (SSSR count). The number of hydrogen-bond acceptors (Lipinski definition) is 4. The summed E-state index contributed by atoms with van der Waals surface area (Å²) < 4.78 is 11.0. The van der Waals surface area contributed by atoms with Gasteiger partial charge in [0.05, 0.1) is 6.61 Å². The first-order valence-corrected chi connectivity index (χ1v) is 7.40. The predicted octanol–water partition coefficient (Wildman–Crippen LogP) is 1.11. The van der Waals surface area contributed by atoms with Crippen molar-refractivity contribution < 1.29 is 9.47 Å². The van der Waals surface area contributed by atoms with Gasteiger partial charge in [0.15, 0.2) is 0 Å². The van der Waals surface area contributed by atoms with Crippen molar-refractivity contribution in [2.75, 3.05) is 46.6 Å². The Balaban J connectivity index is 1.82. The molecule has 2 atom stereocenters. The molecule has 4 heteroatoms. The van der Waals surface area contributed by atoms with Gasteiger partial charge < -0.3 is 19.7 Å². The molecule has 0 saturated carbocycles. The van der Waals surface area contributed by atoms with Gasteiger partial charge >= 0.3 is 0 Å². The van der Waals surface area contributed by atoms with Gasteiger partial charge in [0.1, 0.15) is 0 Å². The molecule has 18 heavy (non-hydrogen) atoms. The lowest BCUT2D eigenvalue weighted by molar-refractivity contribution is 0.0374. The first-order valence-electron chi connectivity index (χ1n) is 7.40. The summed E-state index contributed by atoms with van der Waals surface area (Å²) in [7, 11) is 2.26. The third-order valence-corrected chi connectivity index (χ3v) is 4.30. The molecule has 0 aromatic carbocycles. The van der Waals surface area contributed by atoms with Crippen LogP contribution in [0.15, 0.2) is 0 Å². The Bertz CT molecular complexity index is 226. The molecule has 0 aromatic rings. The molecule has 2 aliphatic heterocycles. The molecule has 4 nitrogen and oxygen atoms in total. The highest BCUT2D eigenvalue weighted by atomic mass is 16.5. The SMILES string of the molecule is CCNC(CN(C)C1CCOCC1)C1CCOC1. The van der Waals surface area contributed by atoms with Gasteiger partial charge in [0.2, 0.25) is 0 Å². The van der Waals surface area contributed by atoms with Crippen LogP contribution in [0.5, 0.6) is 0 Å². The van der Waals surface area contributed by atoms with Gasteiger partial charge in [-0.25, -0.2) is 0 Å². The van der Waals surface area contributed by atoms with E-state index in [1.165, 1.54) is 19.3 Å². The summed E-state index contributed by atoms with van der Waals surface area (Å²) >= 11 is 0. The monoisotopic (exact) mass is 256 g/mol. The molecule has 2 heterocycles. The Labute approximate surface area is 111 Å². The minimum Gasteiger partial charge on any atom is -0.381 e. The Hall–Kier alpha value is -0.160. The van der Waals surface area contributed by atoms with Crippen LogP contribution in [-0.4, -0.2) is 63.5 Å². The van der Waals surface area contributed by atoms with E-state index < -0.39 is 0 Å². The first-order chi connectivity index (χ1) is 8.81. The average Bonchev–Trinajstić information content (AvgIpc) is 2.93. The van der Waals surface area contributed by atoms with E-state index in [9.17, 15) is 0 Å². The highest BCUT2D eigenvalue weighted by Gasteiger charge is 2.28. The Kier molecular flexibility index (Phi) is 5.89. The van der Waals surface area contributed by atoms with Crippen LogP contribution in [0, 0.1) is 5.92 Å². The molecule has 2 fully saturated rings. The highest BCUT2D eigenvalue weighted by Crippen LogP contribution is 2.20. The van der Waals surface area contributed by atoms with Crippen LogP contribution in [-0.2, 0) is 9.47 Å². The van der Waals surface area contributed by atoms with Crippen molar-refractivity contribution >= 4 is 0 Å². The van der Waals surface area contributed by atoms with Crippen molar-refractivity contribution in [3.8, 4) is 0 Å². The molecule has 0 spiro atoms. The molecular weight excluding hydrogens is 228 g/mol. The molecule has 106 valence electrons.